The maximum atomic E-state index is 14.2. The molecule has 1 aromatic carbocycles. The number of aryl methyl sites for hydroxylation is 1. The largest absolute Gasteiger partial charge is 0.246 e. The molecular weight excluding hydrogens is 245 g/mol. The van der Waals surface area contributed by atoms with E-state index < -0.39 is 0 Å². The molecule has 0 unspecified atom stereocenters. The van der Waals surface area contributed by atoms with Crippen molar-refractivity contribution < 1.29 is 4.39 Å². The number of hydrogen-bond donors (Lipinski definition) is 0. The predicted molar refractivity (Wildman–Crippen MR) is 72.5 cm³/mol. The van der Waals surface area contributed by atoms with Crippen LogP contribution in [0.25, 0.3) is 0 Å². The molecule has 0 radical (unpaired) electrons. The Hall–Kier alpha value is -1.22. The highest BCUT2D eigenvalue weighted by Crippen LogP contribution is 2.47. The standard InChI is InChI=1S/C15H16FNS/c1-11-17-14(10-18-11)15(8-4-5-9-15)12-6-2-3-7-13(12)16/h2-3,6-7,10H,4-5,8-9H2,1H3. The Labute approximate surface area is 111 Å². The van der Waals surface area contributed by atoms with Gasteiger partial charge in [-0.15, -0.1) is 11.3 Å². The molecule has 94 valence electrons. The van der Waals surface area contributed by atoms with Crippen LogP contribution in [0.3, 0.4) is 0 Å². The average Bonchev–Trinajstić information content (AvgIpc) is 2.99. The summed E-state index contributed by atoms with van der Waals surface area (Å²) in [6, 6.07) is 7.18. The molecule has 0 spiro atoms. The Morgan fingerprint density at radius 2 is 1.94 bits per heavy atom. The molecule has 18 heavy (non-hydrogen) atoms. The van der Waals surface area contributed by atoms with Crippen molar-refractivity contribution in [2.75, 3.05) is 0 Å². The Bertz CT molecular complexity index is 555. The van der Waals surface area contributed by atoms with Gasteiger partial charge in [0.15, 0.2) is 0 Å². The van der Waals surface area contributed by atoms with Crippen LogP contribution in [0.2, 0.25) is 0 Å². The Kier molecular flexibility index (Phi) is 2.94. The molecule has 3 rings (SSSR count). The summed E-state index contributed by atoms with van der Waals surface area (Å²) in [6.45, 7) is 2.01. The third-order valence-corrected chi connectivity index (χ3v) is 4.73. The van der Waals surface area contributed by atoms with Gasteiger partial charge in [-0.1, -0.05) is 31.0 Å². The molecule has 0 saturated heterocycles. The van der Waals surface area contributed by atoms with E-state index in [1.165, 1.54) is 0 Å². The number of hydrogen-bond acceptors (Lipinski definition) is 2. The van der Waals surface area contributed by atoms with Crippen LogP contribution in [0.5, 0.6) is 0 Å². The molecular formula is C15H16FNS. The van der Waals surface area contributed by atoms with Crippen LogP contribution in [-0.2, 0) is 5.41 Å². The zero-order valence-electron chi connectivity index (χ0n) is 10.4. The third kappa shape index (κ3) is 1.77. The lowest BCUT2D eigenvalue weighted by Gasteiger charge is -2.28. The summed E-state index contributed by atoms with van der Waals surface area (Å²) in [4.78, 5) is 4.63. The molecule has 1 nitrogen and oxygen atoms in total. The van der Waals surface area contributed by atoms with E-state index in [4.69, 9.17) is 0 Å². The van der Waals surface area contributed by atoms with Gasteiger partial charge in [0.05, 0.1) is 10.7 Å². The topological polar surface area (TPSA) is 12.9 Å². The van der Waals surface area contributed by atoms with Crippen molar-refractivity contribution in [1.82, 2.24) is 4.98 Å². The van der Waals surface area contributed by atoms with Gasteiger partial charge in [-0.05, 0) is 31.4 Å². The maximum Gasteiger partial charge on any atom is 0.127 e. The van der Waals surface area contributed by atoms with Crippen molar-refractivity contribution >= 4 is 11.3 Å². The van der Waals surface area contributed by atoms with E-state index in [0.717, 1.165) is 41.9 Å². The quantitative estimate of drug-likeness (QED) is 0.778. The zero-order chi connectivity index (χ0) is 12.6. The lowest BCUT2D eigenvalue weighted by Crippen LogP contribution is -2.25. The summed E-state index contributed by atoms with van der Waals surface area (Å²) >= 11 is 1.66. The van der Waals surface area contributed by atoms with Crippen LogP contribution in [-0.4, -0.2) is 4.98 Å². The van der Waals surface area contributed by atoms with Crippen molar-refractivity contribution in [2.45, 2.75) is 38.0 Å². The minimum absolute atomic E-state index is 0.0925. The predicted octanol–water partition coefficient (Wildman–Crippen LogP) is 4.45. The molecule has 1 aliphatic carbocycles. The van der Waals surface area contributed by atoms with Gasteiger partial charge in [0.1, 0.15) is 5.82 Å². The highest BCUT2D eigenvalue weighted by atomic mass is 32.1. The van der Waals surface area contributed by atoms with Crippen molar-refractivity contribution in [3.05, 3.63) is 51.7 Å². The minimum Gasteiger partial charge on any atom is -0.246 e. The second kappa shape index (κ2) is 4.47. The van der Waals surface area contributed by atoms with Gasteiger partial charge < -0.3 is 0 Å². The average molecular weight is 261 g/mol. The highest BCUT2D eigenvalue weighted by molar-refractivity contribution is 7.09. The number of thiazole rings is 1. The van der Waals surface area contributed by atoms with Crippen LogP contribution >= 0.6 is 11.3 Å². The normalized spacial score (nSPS) is 18.1. The molecule has 0 amide bonds. The van der Waals surface area contributed by atoms with Crippen LogP contribution in [0.1, 0.15) is 41.9 Å². The van der Waals surface area contributed by atoms with E-state index in [-0.39, 0.29) is 11.2 Å². The van der Waals surface area contributed by atoms with Gasteiger partial charge in [-0.3, -0.25) is 0 Å². The molecule has 1 heterocycles. The van der Waals surface area contributed by atoms with Gasteiger partial charge >= 0.3 is 0 Å². The van der Waals surface area contributed by atoms with Crippen LogP contribution in [0.15, 0.2) is 29.6 Å². The van der Waals surface area contributed by atoms with E-state index in [9.17, 15) is 4.39 Å². The fraction of sp³-hybridized carbons (Fsp3) is 0.400. The van der Waals surface area contributed by atoms with Gasteiger partial charge in [-0.25, -0.2) is 9.37 Å². The summed E-state index contributed by atoms with van der Waals surface area (Å²) in [5.74, 6) is -0.0925. The number of aromatic nitrogens is 1. The third-order valence-electron chi connectivity index (χ3n) is 3.96. The van der Waals surface area contributed by atoms with Gasteiger partial charge in [0, 0.05) is 10.8 Å². The fourth-order valence-corrected chi connectivity index (χ4v) is 3.79. The Morgan fingerprint density at radius 1 is 1.22 bits per heavy atom. The van der Waals surface area contributed by atoms with Gasteiger partial charge in [0.25, 0.3) is 0 Å². The molecule has 1 aromatic heterocycles. The summed E-state index contributed by atoms with van der Waals surface area (Å²) in [6.07, 6.45) is 4.34. The van der Waals surface area contributed by atoms with E-state index in [1.54, 1.807) is 23.5 Å². The SMILES string of the molecule is Cc1nc(C2(c3ccccc3F)CCCC2)cs1. The summed E-state index contributed by atoms with van der Waals surface area (Å²) in [5, 5.41) is 3.17. The van der Waals surface area contributed by atoms with Crippen LogP contribution in [0.4, 0.5) is 4.39 Å². The molecule has 1 fully saturated rings. The van der Waals surface area contributed by atoms with Crippen molar-refractivity contribution in [3.63, 3.8) is 0 Å². The number of halogens is 1. The lowest BCUT2D eigenvalue weighted by molar-refractivity contribution is 0.480. The molecule has 1 saturated carbocycles. The first-order chi connectivity index (χ1) is 8.72. The summed E-state index contributed by atoms with van der Waals surface area (Å²) in [5.41, 5.74) is 1.70. The van der Waals surface area contributed by atoms with Crippen LogP contribution in [0, 0.1) is 12.7 Å². The molecule has 0 bridgehead atoms. The van der Waals surface area contributed by atoms with Gasteiger partial charge in [0.2, 0.25) is 0 Å². The molecule has 0 aliphatic heterocycles. The van der Waals surface area contributed by atoms with Crippen molar-refractivity contribution in [2.24, 2.45) is 0 Å². The Balaban J connectivity index is 2.16. The van der Waals surface area contributed by atoms with E-state index in [0.29, 0.717) is 0 Å². The highest BCUT2D eigenvalue weighted by Gasteiger charge is 2.40. The van der Waals surface area contributed by atoms with Crippen LogP contribution < -0.4 is 0 Å². The first kappa shape index (κ1) is 11.8. The molecule has 0 N–H and O–H groups in total. The maximum absolute atomic E-state index is 14.2. The first-order valence-electron chi connectivity index (χ1n) is 6.40. The fourth-order valence-electron chi connectivity index (χ4n) is 3.07. The first-order valence-corrected chi connectivity index (χ1v) is 7.28. The summed E-state index contributed by atoms with van der Waals surface area (Å²) < 4.78 is 14.2. The summed E-state index contributed by atoms with van der Waals surface area (Å²) in [7, 11) is 0. The van der Waals surface area contributed by atoms with Crippen molar-refractivity contribution in [3.8, 4) is 0 Å². The molecule has 0 atom stereocenters. The molecule has 3 heteroatoms. The minimum atomic E-state index is -0.184. The lowest BCUT2D eigenvalue weighted by atomic mass is 9.76. The smallest absolute Gasteiger partial charge is 0.127 e. The van der Waals surface area contributed by atoms with E-state index in [1.807, 2.05) is 19.1 Å². The second-order valence-electron chi connectivity index (χ2n) is 5.02. The van der Waals surface area contributed by atoms with Crippen molar-refractivity contribution in [1.29, 1.82) is 0 Å². The zero-order valence-corrected chi connectivity index (χ0v) is 11.3. The van der Waals surface area contributed by atoms with E-state index >= 15 is 0 Å². The van der Waals surface area contributed by atoms with E-state index in [2.05, 4.69) is 10.4 Å². The number of rotatable bonds is 2. The molecule has 2 aromatic rings. The molecule has 1 aliphatic rings. The number of benzene rings is 1. The Morgan fingerprint density at radius 3 is 2.56 bits per heavy atom. The monoisotopic (exact) mass is 261 g/mol. The van der Waals surface area contributed by atoms with Gasteiger partial charge in [-0.2, -0.15) is 0 Å². The number of nitrogens with zero attached hydrogens (tertiary/aromatic N) is 1. The second-order valence-corrected chi connectivity index (χ2v) is 6.08.